The highest BCUT2D eigenvalue weighted by atomic mass is 35.5. The summed E-state index contributed by atoms with van der Waals surface area (Å²) in [6.45, 7) is 0.335. The highest BCUT2D eigenvalue weighted by Crippen LogP contribution is 2.10. The lowest BCUT2D eigenvalue weighted by atomic mass is 10.2. The summed E-state index contributed by atoms with van der Waals surface area (Å²) in [5.41, 5.74) is 1.84. The average Bonchev–Trinajstić information content (AvgIpc) is 2.46. The first-order valence-electron chi connectivity index (χ1n) is 6.52. The van der Waals surface area contributed by atoms with Crippen LogP contribution in [0.4, 0.5) is 0 Å². The molecular formula is C16H16ClNO2S. The van der Waals surface area contributed by atoms with Crippen molar-refractivity contribution in [2.45, 2.75) is 6.42 Å². The van der Waals surface area contributed by atoms with Crippen molar-refractivity contribution in [3.05, 3.63) is 76.2 Å². The molecule has 0 aliphatic carbocycles. The zero-order valence-electron chi connectivity index (χ0n) is 11.4. The zero-order valence-corrected chi connectivity index (χ0v) is 12.9. The fourth-order valence-electron chi connectivity index (χ4n) is 1.81. The van der Waals surface area contributed by atoms with Gasteiger partial charge in [-0.25, -0.2) is 13.1 Å². The molecule has 5 heteroatoms. The fourth-order valence-corrected chi connectivity index (χ4v) is 2.84. The Morgan fingerprint density at radius 2 is 1.81 bits per heavy atom. The van der Waals surface area contributed by atoms with Crippen molar-refractivity contribution in [1.82, 2.24) is 4.72 Å². The Morgan fingerprint density at radius 3 is 2.52 bits per heavy atom. The van der Waals surface area contributed by atoms with Crippen molar-refractivity contribution >= 4 is 27.7 Å². The smallest absolute Gasteiger partial charge is 0.211 e. The van der Waals surface area contributed by atoms with Crippen molar-refractivity contribution in [2.75, 3.05) is 6.54 Å². The van der Waals surface area contributed by atoms with Gasteiger partial charge in [0.05, 0.1) is 0 Å². The average molecular weight is 322 g/mol. The summed E-state index contributed by atoms with van der Waals surface area (Å²) >= 11 is 5.88. The van der Waals surface area contributed by atoms with E-state index in [0.29, 0.717) is 18.0 Å². The molecule has 110 valence electrons. The summed E-state index contributed by atoms with van der Waals surface area (Å²) in [6.07, 6.45) is 2.17. The number of benzene rings is 2. The van der Waals surface area contributed by atoms with E-state index >= 15 is 0 Å². The van der Waals surface area contributed by atoms with Gasteiger partial charge < -0.3 is 0 Å². The molecule has 0 spiro atoms. The lowest BCUT2D eigenvalue weighted by molar-refractivity contribution is 0.591. The minimum absolute atomic E-state index is 0.335. The molecule has 0 amide bonds. The highest BCUT2D eigenvalue weighted by Gasteiger charge is 2.04. The number of rotatable bonds is 6. The van der Waals surface area contributed by atoms with Crippen LogP contribution >= 0.6 is 11.6 Å². The van der Waals surface area contributed by atoms with Crippen molar-refractivity contribution in [2.24, 2.45) is 0 Å². The maximum atomic E-state index is 11.8. The third kappa shape index (κ3) is 5.71. The summed E-state index contributed by atoms with van der Waals surface area (Å²) < 4.78 is 26.2. The van der Waals surface area contributed by atoms with Gasteiger partial charge in [0.25, 0.3) is 0 Å². The van der Waals surface area contributed by atoms with Crippen LogP contribution in [-0.4, -0.2) is 15.0 Å². The van der Waals surface area contributed by atoms with E-state index in [9.17, 15) is 8.42 Å². The summed E-state index contributed by atoms with van der Waals surface area (Å²) in [7, 11) is -3.42. The lowest BCUT2D eigenvalue weighted by Gasteiger charge is -2.03. The number of sulfonamides is 1. The van der Waals surface area contributed by atoms with Crippen LogP contribution in [0, 0.1) is 0 Å². The minimum Gasteiger partial charge on any atom is -0.211 e. The standard InChI is InChI=1S/C16H16ClNO2S/c17-16-8-4-7-15(13-16)9-11-18-21(19,20)12-10-14-5-2-1-3-6-14/h1-8,10,12-13,18H,9,11H2. The van der Waals surface area contributed by atoms with Crippen LogP contribution in [0.3, 0.4) is 0 Å². The first kappa shape index (κ1) is 15.8. The van der Waals surface area contributed by atoms with Gasteiger partial charge in [0.15, 0.2) is 0 Å². The molecule has 21 heavy (non-hydrogen) atoms. The quantitative estimate of drug-likeness (QED) is 0.885. The van der Waals surface area contributed by atoms with Gasteiger partial charge in [-0.3, -0.25) is 0 Å². The molecule has 0 saturated heterocycles. The van der Waals surface area contributed by atoms with E-state index in [1.54, 1.807) is 12.1 Å². The largest absolute Gasteiger partial charge is 0.233 e. The number of halogens is 1. The van der Waals surface area contributed by atoms with E-state index in [4.69, 9.17) is 11.6 Å². The van der Waals surface area contributed by atoms with Gasteiger partial charge >= 0.3 is 0 Å². The molecule has 0 atom stereocenters. The van der Waals surface area contributed by atoms with E-state index in [2.05, 4.69) is 4.72 Å². The monoisotopic (exact) mass is 321 g/mol. The lowest BCUT2D eigenvalue weighted by Crippen LogP contribution is -2.23. The van der Waals surface area contributed by atoms with Crippen molar-refractivity contribution < 1.29 is 8.42 Å². The molecule has 0 aliphatic heterocycles. The summed E-state index contributed by atoms with van der Waals surface area (Å²) in [4.78, 5) is 0. The molecule has 0 radical (unpaired) electrons. The van der Waals surface area contributed by atoms with Gasteiger partial charge in [-0.2, -0.15) is 0 Å². The number of hydrogen-bond donors (Lipinski definition) is 1. The first-order valence-corrected chi connectivity index (χ1v) is 8.45. The van der Waals surface area contributed by atoms with E-state index in [1.165, 1.54) is 5.41 Å². The molecule has 1 N–H and O–H groups in total. The number of hydrogen-bond acceptors (Lipinski definition) is 2. The molecule has 0 fully saturated rings. The Balaban J connectivity index is 1.88. The number of nitrogens with one attached hydrogen (secondary N) is 1. The molecule has 0 aliphatic rings. The third-order valence-electron chi connectivity index (χ3n) is 2.85. The third-order valence-corrected chi connectivity index (χ3v) is 4.18. The van der Waals surface area contributed by atoms with Gasteiger partial charge in [0, 0.05) is 17.0 Å². The van der Waals surface area contributed by atoms with Crippen LogP contribution < -0.4 is 4.72 Å². The molecule has 2 rings (SSSR count). The van der Waals surface area contributed by atoms with Crippen molar-refractivity contribution in [3.63, 3.8) is 0 Å². The van der Waals surface area contributed by atoms with Gasteiger partial charge in [0.1, 0.15) is 0 Å². The Morgan fingerprint density at radius 1 is 1.05 bits per heavy atom. The molecule has 3 nitrogen and oxygen atoms in total. The SMILES string of the molecule is O=S(=O)(C=Cc1ccccc1)NCCc1cccc(Cl)c1. The van der Waals surface area contributed by atoms with E-state index in [1.807, 2.05) is 48.5 Å². The van der Waals surface area contributed by atoms with Gasteiger partial charge in [-0.1, -0.05) is 54.1 Å². The summed E-state index contributed by atoms with van der Waals surface area (Å²) in [5.74, 6) is 0. The molecule has 2 aromatic carbocycles. The predicted octanol–water partition coefficient (Wildman–Crippen LogP) is 3.47. The highest BCUT2D eigenvalue weighted by molar-refractivity contribution is 7.92. The van der Waals surface area contributed by atoms with Crippen LogP contribution in [0.25, 0.3) is 6.08 Å². The predicted molar refractivity (Wildman–Crippen MR) is 87.6 cm³/mol. The van der Waals surface area contributed by atoms with Crippen LogP contribution in [0.15, 0.2) is 60.0 Å². The van der Waals surface area contributed by atoms with E-state index in [0.717, 1.165) is 11.1 Å². The molecule has 2 aromatic rings. The Kier molecular flexibility index (Phi) is 5.56. The Bertz CT molecular complexity index is 712. The normalized spacial score (nSPS) is 11.9. The molecule has 0 unspecified atom stereocenters. The minimum atomic E-state index is -3.42. The van der Waals surface area contributed by atoms with Crippen molar-refractivity contribution in [3.8, 4) is 0 Å². The van der Waals surface area contributed by atoms with E-state index in [-0.39, 0.29) is 0 Å². The van der Waals surface area contributed by atoms with E-state index < -0.39 is 10.0 Å². The van der Waals surface area contributed by atoms with Crippen LogP contribution in [0.2, 0.25) is 5.02 Å². The Labute approximate surface area is 130 Å². The second-order valence-electron chi connectivity index (χ2n) is 4.53. The van der Waals surface area contributed by atoms with Crippen LogP contribution in [-0.2, 0) is 16.4 Å². The molecule has 0 heterocycles. The fraction of sp³-hybridized carbons (Fsp3) is 0.125. The zero-order chi connectivity index (χ0) is 15.1. The molecule has 0 bridgehead atoms. The summed E-state index contributed by atoms with van der Waals surface area (Å²) in [5, 5.41) is 1.83. The molecular weight excluding hydrogens is 306 g/mol. The molecule has 0 aromatic heterocycles. The van der Waals surface area contributed by atoms with Gasteiger partial charge in [0.2, 0.25) is 10.0 Å². The van der Waals surface area contributed by atoms with Crippen LogP contribution in [0.1, 0.15) is 11.1 Å². The second kappa shape index (κ2) is 7.41. The maximum absolute atomic E-state index is 11.8. The maximum Gasteiger partial charge on any atom is 0.233 e. The summed E-state index contributed by atoms with van der Waals surface area (Å²) in [6, 6.07) is 16.7. The van der Waals surface area contributed by atoms with Crippen molar-refractivity contribution in [1.29, 1.82) is 0 Å². The molecule has 0 saturated carbocycles. The van der Waals surface area contributed by atoms with Gasteiger partial charge in [-0.15, -0.1) is 0 Å². The second-order valence-corrected chi connectivity index (χ2v) is 6.62. The topological polar surface area (TPSA) is 46.2 Å². The van der Waals surface area contributed by atoms with Crippen LogP contribution in [0.5, 0.6) is 0 Å². The first-order chi connectivity index (χ1) is 10.1. The Hall–Kier alpha value is -1.62. The van der Waals surface area contributed by atoms with Gasteiger partial charge in [-0.05, 0) is 35.8 Å².